The highest BCUT2D eigenvalue weighted by Gasteiger charge is 2.32. The lowest BCUT2D eigenvalue weighted by molar-refractivity contribution is 0.0438. The number of rotatable bonds is 1. The molecule has 0 aromatic heterocycles. The largest absolute Gasteiger partial charge is 0.390 e. The van der Waals surface area contributed by atoms with Crippen LogP contribution in [0.25, 0.3) is 0 Å². The van der Waals surface area contributed by atoms with Crippen LogP contribution < -0.4 is 0 Å². The van der Waals surface area contributed by atoms with Crippen molar-refractivity contribution in [1.29, 1.82) is 0 Å². The standard InChI is InChI=1S/C8H16O2/c1-5(2)6-3-7(9)8(10)4-6/h5-10H,3-4H2,1-2H3/t6-,7+,8-. The smallest absolute Gasteiger partial charge is 0.0802 e. The maximum Gasteiger partial charge on any atom is 0.0802 e. The molecule has 1 aliphatic rings. The van der Waals surface area contributed by atoms with Gasteiger partial charge in [0.15, 0.2) is 0 Å². The van der Waals surface area contributed by atoms with Crippen LogP contribution in [-0.2, 0) is 0 Å². The maximum absolute atomic E-state index is 9.17. The lowest BCUT2D eigenvalue weighted by Gasteiger charge is -2.11. The molecule has 60 valence electrons. The molecule has 2 heteroatoms. The minimum atomic E-state index is -0.465. The minimum Gasteiger partial charge on any atom is -0.390 e. The number of hydrogen-bond donors (Lipinski definition) is 2. The second-order valence-corrected chi connectivity index (χ2v) is 3.61. The maximum atomic E-state index is 9.17. The van der Waals surface area contributed by atoms with Crippen molar-refractivity contribution in [2.45, 2.75) is 38.9 Å². The summed E-state index contributed by atoms with van der Waals surface area (Å²) in [6.45, 7) is 4.27. The first-order valence-electron chi connectivity index (χ1n) is 3.97. The SMILES string of the molecule is CC(C)[C@H]1C[C@@H](O)[C@@H](O)C1. The summed E-state index contributed by atoms with van der Waals surface area (Å²) in [7, 11) is 0. The van der Waals surface area contributed by atoms with Gasteiger partial charge in [-0.15, -0.1) is 0 Å². The van der Waals surface area contributed by atoms with Gasteiger partial charge in [-0.05, 0) is 24.7 Å². The Morgan fingerprint density at radius 1 is 1.10 bits per heavy atom. The average molecular weight is 144 g/mol. The molecule has 0 bridgehead atoms. The molecule has 1 aliphatic carbocycles. The molecule has 0 unspecified atom stereocenters. The van der Waals surface area contributed by atoms with Crippen molar-refractivity contribution in [2.75, 3.05) is 0 Å². The summed E-state index contributed by atoms with van der Waals surface area (Å²) in [6, 6.07) is 0. The van der Waals surface area contributed by atoms with Gasteiger partial charge in [-0.25, -0.2) is 0 Å². The Morgan fingerprint density at radius 2 is 1.50 bits per heavy atom. The van der Waals surface area contributed by atoms with E-state index in [1.165, 1.54) is 0 Å². The van der Waals surface area contributed by atoms with Crippen molar-refractivity contribution in [1.82, 2.24) is 0 Å². The van der Waals surface area contributed by atoms with Crippen molar-refractivity contribution in [3.63, 3.8) is 0 Å². The van der Waals surface area contributed by atoms with Crippen LogP contribution in [0.3, 0.4) is 0 Å². The van der Waals surface area contributed by atoms with Gasteiger partial charge >= 0.3 is 0 Å². The number of hydrogen-bond acceptors (Lipinski definition) is 2. The number of aliphatic hydroxyl groups is 2. The van der Waals surface area contributed by atoms with E-state index in [2.05, 4.69) is 13.8 Å². The average Bonchev–Trinajstić information content (AvgIpc) is 2.13. The third kappa shape index (κ3) is 1.50. The highest BCUT2D eigenvalue weighted by atomic mass is 16.3. The fraction of sp³-hybridized carbons (Fsp3) is 1.00. The van der Waals surface area contributed by atoms with Crippen LogP contribution in [0.4, 0.5) is 0 Å². The molecule has 3 atom stereocenters. The zero-order chi connectivity index (χ0) is 7.72. The van der Waals surface area contributed by atoms with E-state index < -0.39 is 12.2 Å². The molecule has 0 aromatic carbocycles. The Balaban J connectivity index is 2.41. The molecule has 1 rings (SSSR count). The summed E-state index contributed by atoms with van der Waals surface area (Å²) >= 11 is 0. The van der Waals surface area contributed by atoms with Crippen molar-refractivity contribution < 1.29 is 10.2 Å². The fourth-order valence-corrected chi connectivity index (χ4v) is 1.58. The molecule has 1 saturated carbocycles. The van der Waals surface area contributed by atoms with Crippen LogP contribution in [0.2, 0.25) is 0 Å². The first-order valence-corrected chi connectivity index (χ1v) is 3.97. The molecular weight excluding hydrogens is 128 g/mol. The van der Waals surface area contributed by atoms with E-state index >= 15 is 0 Å². The third-order valence-corrected chi connectivity index (χ3v) is 2.48. The lowest BCUT2D eigenvalue weighted by Crippen LogP contribution is -2.17. The molecule has 1 fully saturated rings. The molecule has 2 nitrogen and oxygen atoms in total. The highest BCUT2D eigenvalue weighted by molar-refractivity contribution is 4.83. The summed E-state index contributed by atoms with van der Waals surface area (Å²) in [4.78, 5) is 0. The summed E-state index contributed by atoms with van der Waals surface area (Å²) in [6.07, 6.45) is 0.622. The van der Waals surface area contributed by atoms with E-state index in [9.17, 15) is 0 Å². The van der Waals surface area contributed by atoms with Crippen LogP contribution >= 0.6 is 0 Å². The van der Waals surface area contributed by atoms with Crippen LogP contribution in [0.15, 0.2) is 0 Å². The third-order valence-electron chi connectivity index (χ3n) is 2.48. The van der Waals surface area contributed by atoms with Gasteiger partial charge in [0.25, 0.3) is 0 Å². The number of aliphatic hydroxyl groups excluding tert-OH is 2. The van der Waals surface area contributed by atoms with E-state index in [-0.39, 0.29) is 0 Å². The second kappa shape index (κ2) is 2.89. The topological polar surface area (TPSA) is 40.5 Å². The Kier molecular flexibility index (Phi) is 2.32. The van der Waals surface area contributed by atoms with Gasteiger partial charge < -0.3 is 10.2 Å². The minimum absolute atomic E-state index is 0.465. The first kappa shape index (κ1) is 8.02. The molecule has 10 heavy (non-hydrogen) atoms. The predicted molar refractivity (Wildman–Crippen MR) is 39.6 cm³/mol. The van der Waals surface area contributed by atoms with Crippen LogP contribution in [-0.4, -0.2) is 22.4 Å². The molecule has 0 aliphatic heterocycles. The molecule has 0 aromatic rings. The van der Waals surface area contributed by atoms with E-state index in [4.69, 9.17) is 10.2 Å². The van der Waals surface area contributed by atoms with Gasteiger partial charge in [0.2, 0.25) is 0 Å². The Bertz CT molecular complexity index is 102. The van der Waals surface area contributed by atoms with Crippen molar-refractivity contribution in [3.05, 3.63) is 0 Å². The van der Waals surface area contributed by atoms with Crippen LogP contribution in [0, 0.1) is 11.8 Å². The molecule has 0 heterocycles. The van der Waals surface area contributed by atoms with Crippen molar-refractivity contribution in [3.8, 4) is 0 Å². The second-order valence-electron chi connectivity index (χ2n) is 3.61. The molecular formula is C8H16O2. The van der Waals surface area contributed by atoms with E-state index in [0.29, 0.717) is 11.8 Å². The normalized spacial score (nSPS) is 41.1. The summed E-state index contributed by atoms with van der Waals surface area (Å²) in [5.41, 5.74) is 0. The zero-order valence-electron chi connectivity index (χ0n) is 6.62. The summed E-state index contributed by atoms with van der Waals surface area (Å²) in [5, 5.41) is 18.3. The van der Waals surface area contributed by atoms with Crippen molar-refractivity contribution >= 4 is 0 Å². The van der Waals surface area contributed by atoms with Gasteiger partial charge in [-0.1, -0.05) is 13.8 Å². The molecule has 0 radical (unpaired) electrons. The Hall–Kier alpha value is -0.0800. The van der Waals surface area contributed by atoms with Gasteiger partial charge in [-0.2, -0.15) is 0 Å². The first-order chi connectivity index (χ1) is 4.61. The quantitative estimate of drug-likeness (QED) is 0.570. The fourth-order valence-electron chi connectivity index (χ4n) is 1.58. The van der Waals surface area contributed by atoms with Crippen LogP contribution in [0.5, 0.6) is 0 Å². The molecule has 0 spiro atoms. The van der Waals surface area contributed by atoms with Gasteiger partial charge in [0.05, 0.1) is 12.2 Å². The van der Waals surface area contributed by atoms with Gasteiger partial charge in [0, 0.05) is 0 Å². The van der Waals surface area contributed by atoms with Gasteiger partial charge in [0.1, 0.15) is 0 Å². The van der Waals surface area contributed by atoms with E-state index in [1.54, 1.807) is 0 Å². The van der Waals surface area contributed by atoms with Gasteiger partial charge in [-0.3, -0.25) is 0 Å². The molecule has 0 amide bonds. The monoisotopic (exact) mass is 144 g/mol. The Labute approximate surface area is 61.9 Å². The summed E-state index contributed by atoms with van der Waals surface area (Å²) in [5.74, 6) is 1.11. The Morgan fingerprint density at radius 3 is 1.70 bits per heavy atom. The molecule has 2 N–H and O–H groups in total. The van der Waals surface area contributed by atoms with E-state index in [0.717, 1.165) is 12.8 Å². The highest BCUT2D eigenvalue weighted by Crippen LogP contribution is 2.31. The summed E-state index contributed by atoms with van der Waals surface area (Å²) < 4.78 is 0. The zero-order valence-corrected chi connectivity index (χ0v) is 6.62. The van der Waals surface area contributed by atoms with Crippen molar-refractivity contribution in [2.24, 2.45) is 11.8 Å². The predicted octanol–water partition coefficient (Wildman–Crippen LogP) is 0.774. The molecule has 0 saturated heterocycles. The lowest BCUT2D eigenvalue weighted by atomic mass is 9.94. The van der Waals surface area contributed by atoms with Crippen LogP contribution in [0.1, 0.15) is 26.7 Å². The van der Waals surface area contributed by atoms with E-state index in [1.807, 2.05) is 0 Å².